The van der Waals surface area contributed by atoms with Crippen molar-refractivity contribution < 1.29 is 19.4 Å². The summed E-state index contributed by atoms with van der Waals surface area (Å²) < 4.78 is 14.3. The van der Waals surface area contributed by atoms with E-state index in [4.69, 9.17) is 15.2 Å². The molecule has 2 atom stereocenters. The Labute approximate surface area is 213 Å². The minimum atomic E-state index is -0.620. The molecule has 1 aromatic carbocycles. The predicted molar refractivity (Wildman–Crippen MR) is 142 cm³/mol. The molecule has 3 aromatic heterocycles. The van der Waals surface area contributed by atoms with Crippen LogP contribution in [0.1, 0.15) is 38.8 Å². The van der Waals surface area contributed by atoms with Crippen molar-refractivity contribution in [3.8, 4) is 16.2 Å². The van der Waals surface area contributed by atoms with Crippen molar-refractivity contribution in [2.45, 2.75) is 51.8 Å². The number of methoxy groups -OCH3 is 1. The van der Waals surface area contributed by atoms with Gasteiger partial charge in [-0.05, 0) is 57.2 Å². The highest BCUT2D eigenvalue weighted by atomic mass is 32.1. The molecule has 10 heteroatoms. The van der Waals surface area contributed by atoms with Gasteiger partial charge in [0.15, 0.2) is 0 Å². The summed E-state index contributed by atoms with van der Waals surface area (Å²) in [5.41, 5.74) is 8.50. The van der Waals surface area contributed by atoms with Crippen LogP contribution in [0.25, 0.3) is 31.6 Å². The van der Waals surface area contributed by atoms with E-state index in [0.29, 0.717) is 24.4 Å². The average Bonchev–Trinajstić information content (AvgIpc) is 3.52. The summed E-state index contributed by atoms with van der Waals surface area (Å²) in [5.74, 6) is 1.24. The van der Waals surface area contributed by atoms with Gasteiger partial charge in [0.1, 0.15) is 29.1 Å². The van der Waals surface area contributed by atoms with Crippen molar-refractivity contribution in [1.82, 2.24) is 19.4 Å². The van der Waals surface area contributed by atoms with Crippen LogP contribution in [0.3, 0.4) is 0 Å². The number of hydrogen-bond donors (Lipinski definition) is 2. The van der Waals surface area contributed by atoms with Crippen LogP contribution >= 0.6 is 11.3 Å². The Balaban J connectivity index is 1.59. The summed E-state index contributed by atoms with van der Waals surface area (Å²) in [4.78, 5) is 24.3. The summed E-state index contributed by atoms with van der Waals surface area (Å²) in [6.45, 7) is 7.80. The Hall–Kier alpha value is -3.37. The molecule has 36 heavy (non-hydrogen) atoms. The molecular weight excluding hydrogens is 478 g/mol. The lowest BCUT2D eigenvalue weighted by atomic mass is 10.1. The first-order valence-corrected chi connectivity index (χ1v) is 12.7. The number of likely N-dealkylation sites (tertiary alicyclic amines) is 1. The lowest BCUT2D eigenvalue weighted by molar-refractivity contribution is 0.0173. The number of aliphatic hydroxyl groups is 1. The summed E-state index contributed by atoms with van der Waals surface area (Å²) in [5, 5.41) is 11.9. The van der Waals surface area contributed by atoms with Crippen molar-refractivity contribution in [2.24, 2.45) is 0 Å². The number of thiophene rings is 1. The summed E-state index contributed by atoms with van der Waals surface area (Å²) in [7, 11) is 1.68. The molecule has 1 aliphatic heterocycles. The lowest BCUT2D eigenvalue weighted by Crippen LogP contribution is -2.41. The number of nitrogen functional groups attached to an aromatic ring is 1. The van der Waals surface area contributed by atoms with E-state index in [2.05, 4.69) is 26.7 Å². The molecule has 1 fully saturated rings. The van der Waals surface area contributed by atoms with E-state index in [9.17, 15) is 9.90 Å². The maximum atomic E-state index is 12.9. The van der Waals surface area contributed by atoms with Gasteiger partial charge in [-0.1, -0.05) is 6.07 Å². The molecule has 5 rings (SSSR count). The van der Waals surface area contributed by atoms with Crippen LogP contribution in [-0.2, 0) is 4.74 Å². The quantitative estimate of drug-likeness (QED) is 0.408. The van der Waals surface area contributed by atoms with Crippen LogP contribution in [-0.4, -0.2) is 62.5 Å². The number of fused-ring (bicyclic) bond motifs is 2. The third kappa shape index (κ3) is 4.24. The number of benzene rings is 1. The van der Waals surface area contributed by atoms with Crippen LogP contribution in [0.2, 0.25) is 0 Å². The summed E-state index contributed by atoms with van der Waals surface area (Å²) >= 11 is 1.63. The third-order valence-corrected chi connectivity index (χ3v) is 7.67. The van der Waals surface area contributed by atoms with Crippen molar-refractivity contribution in [1.29, 1.82) is 0 Å². The zero-order valence-corrected chi connectivity index (χ0v) is 21.9. The minimum absolute atomic E-state index is 0.105. The zero-order valence-electron chi connectivity index (χ0n) is 21.1. The Morgan fingerprint density at radius 1 is 1.28 bits per heavy atom. The van der Waals surface area contributed by atoms with E-state index in [1.165, 1.54) is 6.33 Å². The van der Waals surface area contributed by atoms with Crippen LogP contribution in [0, 0.1) is 6.92 Å². The van der Waals surface area contributed by atoms with Crippen LogP contribution in [0.5, 0.6) is 5.75 Å². The molecule has 1 saturated heterocycles. The molecule has 4 aromatic rings. The highest BCUT2D eigenvalue weighted by Gasteiger charge is 2.39. The van der Waals surface area contributed by atoms with E-state index in [1.54, 1.807) is 23.3 Å². The van der Waals surface area contributed by atoms with Crippen molar-refractivity contribution in [2.75, 3.05) is 26.0 Å². The number of carbonyl (C=O) groups is 1. The van der Waals surface area contributed by atoms with Gasteiger partial charge in [-0.3, -0.25) is 0 Å². The SMILES string of the molecule is COc1cc(C)cc2cc(-c3cn(C4CC(CO)N(C(=O)OC(C)(C)C)C4)c4ncnc(N)c34)sc12. The topological polar surface area (TPSA) is 116 Å². The summed E-state index contributed by atoms with van der Waals surface area (Å²) in [6, 6.07) is 5.85. The van der Waals surface area contributed by atoms with Crippen LogP contribution in [0.4, 0.5) is 10.6 Å². The highest BCUT2D eigenvalue weighted by molar-refractivity contribution is 7.22. The number of aromatic nitrogens is 3. The first-order chi connectivity index (χ1) is 17.1. The number of aliphatic hydroxyl groups excluding tert-OH is 1. The van der Waals surface area contributed by atoms with Gasteiger partial charge in [0, 0.05) is 23.2 Å². The van der Waals surface area contributed by atoms with E-state index in [-0.39, 0.29) is 18.7 Å². The number of carbonyl (C=O) groups excluding carboxylic acids is 1. The normalized spacial score (nSPS) is 18.3. The molecule has 0 saturated carbocycles. The molecule has 0 bridgehead atoms. The molecular formula is C26H31N5O4S. The number of nitrogens with zero attached hydrogens (tertiary/aromatic N) is 4. The number of rotatable bonds is 4. The van der Waals surface area contributed by atoms with Gasteiger partial charge in [-0.15, -0.1) is 11.3 Å². The molecule has 4 heterocycles. The monoisotopic (exact) mass is 509 g/mol. The van der Waals surface area contributed by atoms with Crippen molar-refractivity contribution in [3.05, 3.63) is 36.3 Å². The molecule has 2 unspecified atom stereocenters. The van der Waals surface area contributed by atoms with E-state index >= 15 is 0 Å². The van der Waals surface area contributed by atoms with Gasteiger partial charge in [0.25, 0.3) is 0 Å². The summed E-state index contributed by atoms with van der Waals surface area (Å²) in [6.07, 6.45) is 3.64. The first-order valence-electron chi connectivity index (χ1n) is 11.9. The number of nitrogens with two attached hydrogens (primary N) is 1. The highest BCUT2D eigenvalue weighted by Crippen LogP contribution is 2.44. The molecule has 1 aliphatic rings. The lowest BCUT2D eigenvalue weighted by Gasteiger charge is -2.27. The van der Waals surface area contributed by atoms with Gasteiger partial charge in [-0.25, -0.2) is 14.8 Å². The van der Waals surface area contributed by atoms with Gasteiger partial charge < -0.3 is 29.8 Å². The molecule has 0 aliphatic carbocycles. The van der Waals surface area contributed by atoms with E-state index < -0.39 is 11.7 Å². The Morgan fingerprint density at radius 2 is 2.06 bits per heavy atom. The zero-order chi connectivity index (χ0) is 25.8. The maximum Gasteiger partial charge on any atom is 0.410 e. The Morgan fingerprint density at radius 3 is 2.75 bits per heavy atom. The van der Waals surface area contributed by atoms with Gasteiger partial charge >= 0.3 is 6.09 Å². The average molecular weight is 510 g/mol. The van der Waals surface area contributed by atoms with Gasteiger partial charge in [0.05, 0.1) is 35.9 Å². The fourth-order valence-corrected chi connectivity index (χ4v) is 6.08. The van der Waals surface area contributed by atoms with Crippen molar-refractivity contribution >= 4 is 44.4 Å². The molecule has 9 nitrogen and oxygen atoms in total. The number of amides is 1. The Bertz CT molecular complexity index is 1450. The third-order valence-electron chi connectivity index (χ3n) is 6.48. The largest absolute Gasteiger partial charge is 0.495 e. The smallest absolute Gasteiger partial charge is 0.410 e. The van der Waals surface area contributed by atoms with Crippen molar-refractivity contribution in [3.63, 3.8) is 0 Å². The van der Waals surface area contributed by atoms with E-state index in [1.807, 2.05) is 40.0 Å². The predicted octanol–water partition coefficient (Wildman–Crippen LogP) is 4.76. The fourth-order valence-electron chi connectivity index (χ4n) is 4.93. The number of ether oxygens (including phenoxy) is 2. The second kappa shape index (κ2) is 8.94. The van der Waals surface area contributed by atoms with Crippen LogP contribution in [0.15, 0.2) is 30.7 Å². The second-order valence-electron chi connectivity index (χ2n) is 10.3. The molecule has 0 radical (unpaired) electrons. The van der Waals surface area contributed by atoms with Gasteiger partial charge in [0.2, 0.25) is 0 Å². The second-order valence-corrected chi connectivity index (χ2v) is 11.3. The van der Waals surface area contributed by atoms with Crippen LogP contribution < -0.4 is 10.5 Å². The first kappa shape index (κ1) is 24.3. The number of aryl methyl sites for hydroxylation is 1. The molecule has 1 amide bonds. The molecule has 3 N–H and O–H groups in total. The molecule has 190 valence electrons. The number of anilines is 1. The minimum Gasteiger partial charge on any atom is -0.495 e. The fraction of sp³-hybridized carbons (Fsp3) is 0.423. The maximum absolute atomic E-state index is 12.9. The Kier molecular flexibility index (Phi) is 6.04. The number of hydrogen-bond acceptors (Lipinski definition) is 8. The van der Waals surface area contributed by atoms with E-state index in [0.717, 1.165) is 37.2 Å². The van der Waals surface area contributed by atoms with Gasteiger partial charge in [-0.2, -0.15) is 0 Å². The standard InChI is InChI=1S/C26H31N5O4S/c1-14-6-15-8-20(36-22(15)19(7-14)34-5)18-11-30(24-21(18)23(27)28-13-29-24)16-9-17(12-32)31(10-16)25(33)35-26(2,3)4/h6-8,11,13,16-17,32H,9-10,12H2,1-5H3,(H2,27,28,29). The molecule has 0 spiro atoms.